The Labute approximate surface area is 130 Å². The number of rotatable bonds is 6. The van der Waals surface area contributed by atoms with Crippen molar-refractivity contribution in [2.24, 2.45) is 0 Å². The fourth-order valence-corrected chi connectivity index (χ4v) is 3.67. The molecule has 2 aromatic heterocycles. The predicted octanol–water partition coefficient (Wildman–Crippen LogP) is 2.83. The molecular weight excluding hydrogens is 282 g/mol. The Bertz CT molecular complexity index is 536. The van der Waals surface area contributed by atoms with Gasteiger partial charge in [0.15, 0.2) is 5.13 Å². The number of anilines is 1. The standard InChI is InChI=1S/C15H23N5S/c1-16-15-18-13(12-21-15)11-19-8-3-2-5-14(19)6-10-20-9-4-7-17-20/h4,7,9,12,14H,2-3,5-6,8,10-11H2,1H3,(H,16,18)/t14-/m0/s1. The van der Waals surface area contributed by atoms with Crippen molar-refractivity contribution >= 4 is 16.5 Å². The fourth-order valence-electron chi connectivity index (χ4n) is 3.01. The normalized spacial score (nSPS) is 19.8. The second kappa shape index (κ2) is 7.04. The van der Waals surface area contributed by atoms with Gasteiger partial charge >= 0.3 is 0 Å². The first-order chi connectivity index (χ1) is 10.3. The Morgan fingerprint density at radius 1 is 1.43 bits per heavy atom. The van der Waals surface area contributed by atoms with Crippen LogP contribution in [-0.2, 0) is 13.1 Å². The number of likely N-dealkylation sites (tertiary alicyclic amines) is 1. The Morgan fingerprint density at radius 2 is 2.38 bits per heavy atom. The summed E-state index contributed by atoms with van der Waals surface area (Å²) in [5.74, 6) is 0. The molecule has 0 radical (unpaired) electrons. The molecule has 1 aliphatic rings. The van der Waals surface area contributed by atoms with Gasteiger partial charge < -0.3 is 5.32 Å². The fraction of sp³-hybridized carbons (Fsp3) is 0.600. The number of thiazole rings is 1. The Hall–Kier alpha value is -1.40. The van der Waals surface area contributed by atoms with Gasteiger partial charge in [-0.15, -0.1) is 11.3 Å². The number of aryl methyl sites for hydroxylation is 1. The summed E-state index contributed by atoms with van der Waals surface area (Å²) in [7, 11) is 1.93. The highest BCUT2D eigenvalue weighted by Gasteiger charge is 2.23. The molecule has 114 valence electrons. The lowest BCUT2D eigenvalue weighted by molar-refractivity contribution is 0.126. The molecule has 0 amide bonds. The summed E-state index contributed by atoms with van der Waals surface area (Å²) in [6.45, 7) is 3.17. The van der Waals surface area contributed by atoms with Gasteiger partial charge in [-0.05, 0) is 31.9 Å². The quantitative estimate of drug-likeness (QED) is 0.891. The molecule has 0 aliphatic carbocycles. The number of piperidine rings is 1. The van der Waals surface area contributed by atoms with Crippen LogP contribution in [0.3, 0.4) is 0 Å². The number of nitrogens with one attached hydrogen (secondary N) is 1. The van der Waals surface area contributed by atoms with Gasteiger partial charge in [-0.2, -0.15) is 5.10 Å². The molecule has 1 N–H and O–H groups in total. The molecule has 5 nitrogen and oxygen atoms in total. The van der Waals surface area contributed by atoms with Crippen molar-refractivity contribution in [2.75, 3.05) is 18.9 Å². The topological polar surface area (TPSA) is 46.0 Å². The van der Waals surface area contributed by atoms with Crippen LogP contribution < -0.4 is 5.32 Å². The third-order valence-corrected chi connectivity index (χ3v) is 5.04. The summed E-state index contributed by atoms with van der Waals surface area (Å²) in [5, 5.41) is 10.6. The molecule has 1 atom stereocenters. The smallest absolute Gasteiger partial charge is 0.182 e. The van der Waals surface area contributed by atoms with Crippen molar-refractivity contribution in [1.29, 1.82) is 0 Å². The van der Waals surface area contributed by atoms with Gasteiger partial charge in [-0.25, -0.2) is 4.98 Å². The first kappa shape index (κ1) is 14.5. The van der Waals surface area contributed by atoms with E-state index in [-0.39, 0.29) is 0 Å². The van der Waals surface area contributed by atoms with Crippen LogP contribution in [0.4, 0.5) is 5.13 Å². The van der Waals surface area contributed by atoms with E-state index in [1.165, 1.54) is 37.9 Å². The summed E-state index contributed by atoms with van der Waals surface area (Å²) in [6.07, 6.45) is 9.02. The summed E-state index contributed by atoms with van der Waals surface area (Å²) in [4.78, 5) is 7.21. The van der Waals surface area contributed by atoms with E-state index in [0.717, 1.165) is 18.2 Å². The maximum absolute atomic E-state index is 4.62. The van der Waals surface area contributed by atoms with Crippen LogP contribution in [-0.4, -0.2) is 39.3 Å². The van der Waals surface area contributed by atoms with Crippen LogP contribution in [0.15, 0.2) is 23.8 Å². The van der Waals surface area contributed by atoms with E-state index >= 15 is 0 Å². The molecule has 3 heterocycles. The predicted molar refractivity (Wildman–Crippen MR) is 86.6 cm³/mol. The average Bonchev–Trinajstić information content (AvgIpc) is 3.17. The monoisotopic (exact) mass is 305 g/mol. The minimum Gasteiger partial charge on any atom is -0.365 e. The van der Waals surface area contributed by atoms with E-state index in [4.69, 9.17) is 0 Å². The maximum Gasteiger partial charge on any atom is 0.182 e. The lowest BCUT2D eigenvalue weighted by Crippen LogP contribution is -2.39. The third-order valence-electron chi connectivity index (χ3n) is 4.13. The van der Waals surface area contributed by atoms with Crippen molar-refractivity contribution < 1.29 is 0 Å². The van der Waals surface area contributed by atoms with Gasteiger partial charge in [0.2, 0.25) is 0 Å². The first-order valence-electron chi connectivity index (χ1n) is 7.69. The van der Waals surface area contributed by atoms with E-state index in [1.54, 1.807) is 11.3 Å². The lowest BCUT2D eigenvalue weighted by atomic mass is 9.99. The number of hydrogen-bond acceptors (Lipinski definition) is 5. The van der Waals surface area contributed by atoms with E-state index in [9.17, 15) is 0 Å². The second-order valence-electron chi connectivity index (χ2n) is 5.57. The molecular formula is C15H23N5S. The van der Waals surface area contributed by atoms with Gasteiger partial charge in [-0.1, -0.05) is 6.42 Å². The van der Waals surface area contributed by atoms with Gasteiger partial charge in [0.1, 0.15) is 0 Å². The molecule has 0 saturated carbocycles. The van der Waals surface area contributed by atoms with E-state index in [0.29, 0.717) is 6.04 Å². The molecule has 0 bridgehead atoms. The van der Waals surface area contributed by atoms with Crippen molar-refractivity contribution in [1.82, 2.24) is 19.7 Å². The van der Waals surface area contributed by atoms with Gasteiger partial charge in [-0.3, -0.25) is 9.58 Å². The zero-order valence-corrected chi connectivity index (χ0v) is 13.4. The lowest BCUT2D eigenvalue weighted by Gasteiger charge is -2.35. The molecule has 0 unspecified atom stereocenters. The Balaban J connectivity index is 1.58. The van der Waals surface area contributed by atoms with Crippen LogP contribution in [0.1, 0.15) is 31.4 Å². The zero-order valence-electron chi connectivity index (χ0n) is 12.5. The van der Waals surface area contributed by atoms with E-state index < -0.39 is 0 Å². The van der Waals surface area contributed by atoms with Crippen LogP contribution in [0.5, 0.6) is 0 Å². The summed E-state index contributed by atoms with van der Waals surface area (Å²) in [5.41, 5.74) is 1.19. The molecule has 1 aliphatic heterocycles. The van der Waals surface area contributed by atoms with Crippen LogP contribution in [0.25, 0.3) is 0 Å². The minimum atomic E-state index is 0.655. The molecule has 0 aromatic carbocycles. The Morgan fingerprint density at radius 3 is 3.14 bits per heavy atom. The van der Waals surface area contributed by atoms with Crippen molar-refractivity contribution in [3.05, 3.63) is 29.5 Å². The third kappa shape index (κ3) is 3.83. The van der Waals surface area contributed by atoms with Crippen LogP contribution in [0.2, 0.25) is 0 Å². The van der Waals surface area contributed by atoms with Gasteiger partial charge in [0.25, 0.3) is 0 Å². The van der Waals surface area contributed by atoms with Crippen molar-refractivity contribution in [3.8, 4) is 0 Å². The molecule has 1 fully saturated rings. The highest BCUT2D eigenvalue weighted by atomic mass is 32.1. The molecule has 21 heavy (non-hydrogen) atoms. The van der Waals surface area contributed by atoms with E-state index in [1.807, 2.05) is 30.2 Å². The molecule has 3 rings (SSSR count). The van der Waals surface area contributed by atoms with Gasteiger partial charge in [0.05, 0.1) is 5.69 Å². The van der Waals surface area contributed by atoms with Crippen LogP contribution >= 0.6 is 11.3 Å². The van der Waals surface area contributed by atoms with Gasteiger partial charge in [0, 0.05) is 44.0 Å². The number of hydrogen-bond donors (Lipinski definition) is 1. The molecule has 0 spiro atoms. The summed E-state index contributed by atoms with van der Waals surface area (Å²) >= 11 is 1.69. The minimum absolute atomic E-state index is 0.655. The SMILES string of the molecule is CNc1nc(CN2CCCC[C@H]2CCn2cccn2)cs1. The first-order valence-corrected chi connectivity index (χ1v) is 8.57. The van der Waals surface area contributed by atoms with E-state index in [2.05, 4.69) is 25.7 Å². The molecule has 6 heteroatoms. The largest absolute Gasteiger partial charge is 0.365 e. The second-order valence-corrected chi connectivity index (χ2v) is 6.43. The zero-order chi connectivity index (χ0) is 14.5. The highest BCUT2D eigenvalue weighted by Crippen LogP contribution is 2.24. The molecule has 2 aromatic rings. The maximum atomic E-state index is 4.62. The summed E-state index contributed by atoms with van der Waals surface area (Å²) < 4.78 is 2.04. The molecule has 1 saturated heterocycles. The number of nitrogens with zero attached hydrogens (tertiary/aromatic N) is 4. The van der Waals surface area contributed by atoms with Crippen LogP contribution in [0, 0.1) is 0 Å². The Kier molecular flexibility index (Phi) is 4.87. The van der Waals surface area contributed by atoms with Crippen molar-refractivity contribution in [3.63, 3.8) is 0 Å². The average molecular weight is 305 g/mol. The number of aromatic nitrogens is 3. The summed E-state index contributed by atoms with van der Waals surface area (Å²) in [6, 6.07) is 2.65. The van der Waals surface area contributed by atoms with Crippen molar-refractivity contribution in [2.45, 2.75) is 44.8 Å². The highest BCUT2D eigenvalue weighted by molar-refractivity contribution is 7.13.